The van der Waals surface area contributed by atoms with Crippen molar-refractivity contribution in [2.45, 2.75) is 46.1 Å². The molecule has 96 valence electrons. The van der Waals surface area contributed by atoms with Gasteiger partial charge in [0.15, 0.2) is 5.78 Å². The zero-order valence-electron chi connectivity index (χ0n) is 11.1. The van der Waals surface area contributed by atoms with Crippen LogP contribution in [0.2, 0.25) is 0 Å². The first kappa shape index (κ1) is 12.8. The van der Waals surface area contributed by atoms with Gasteiger partial charge in [-0.05, 0) is 42.4 Å². The molecule has 2 aliphatic rings. The Morgan fingerprint density at radius 1 is 1.47 bits per heavy atom. The second kappa shape index (κ2) is 4.24. The van der Waals surface area contributed by atoms with Crippen molar-refractivity contribution < 1.29 is 9.90 Å². The lowest BCUT2D eigenvalue weighted by molar-refractivity contribution is -0.154. The van der Waals surface area contributed by atoms with Gasteiger partial charge in [0.2, 0.25) is 0 Å². The number of Topliss-reactive ketones (excluding diaryl/α,β-unsaturated/α-hetero) is 1. The lowest BCUT2D eigenvalue weighted by Gasteiger charge is -2.54. The quantitative estimate of drug-likeness (QED) is 0.711. The molecule has 6 atom stereocenters. The van der Waals surface area contributed by atoms with E-state index in [-0.39, 0.29) is 23.0 Å². The molecule has 0 unspecified atom stereocenters. The van der Waals surface area contributed by atoms with Crippen LogP contribution in [0.5, 0.6) is 0 Å². The Morgan fingerprint density at radius 2 is 2.12 bits per heavy atom. The normalized spacial score (nSPS) is 50.8. The highest BCUT2D eigenvalue weighted by Crippen LogP contribution is 2.55. The van der Waals surface area contributed by atoms with Crippen LogP contribution >= 0.6 is 0 Å². The van der Waals surface area contributed by atoms with Gasteiger partial charge in [0.1, 0.15) is 6.10 Å². The molecule has 0 spiro atoms. The van der Waals surface area contributed by atoms with Crippen LogP contribution in [0, 0.1) is 29.1 Å². The van der Waals surface area contributed by atoms with E-state index in [2.05, 4.69) is 27.4 Å². The molecule has 0 amide bonds. The van der Waals surface area contributed by atoms with Crippen molar-refractivity contribution in [2.24, 2.45) is 29.1 Å². The van der Waals surface area contributed by atoms with Crippen LogP contribution in [0.15, 0.2) is 12.7 Å². The first-order chi connectivity index (χ1) is 7.91. The Bertz CT molecular complexity index is 336. The van der Waals surface area contributed by atoms with Crippen LogP contribution in [-0.4, -0.2) is 17.0 Å². The van der Waals surface area contributed by atoms with E-state index < -0.39 is 6.10 Å². The molecule has 2 saturated carbocycles. The van der Waals surface area contributed by atoms with Crippen molar-refractivity contribution in [3.63, 3.8) is 0 Å². The Balaban J connectivity index is 2.40. The fraction of sp³-hybridized carbons (Fsp3) is 0.800. The molecule has 0 heterocycles. The number of aliphatic hydroxyl groups excluding tert-OH is 1. The third-order valence-electron chi connectivity index (χ3n) is 5.50. The molecule has 0 radical (unpaired) electrons. The zero-order chi connectivity index (χ0) is 12.8. The topological polar surface area (TPSA) is 37.3 Å². The molecule has 2 fully saturated rings. The van der Waals surface area contributed by atoms with Gasteiger partial charge in [0.25, 0.3) is 0 Å². The summed E-state index contributed by atoms with van der Waals surface area (Å²) in [5, 5.41) is 9.92. The number of ketones is 1. The van der Waals surface area contributed by atoms with E-state index in [1.807, 2.05) is 6.08 Å². The van der Waals surface area contributed by atoms with Crippen LogP contribution in [0.3, 0.4) is 0 Å². The minimum atomic E-state index is -0.754. The van der Waals surface area contributed by atoms with E-state index in [4.69, 9.17) is 0 Å². The predicted molar refractivity (Wildman–Crippen MR) is 68.5 cm³/mol. The lowest BCUT2D eigenvalue weighted by Crippen LogP contribution is -2.55. The van der Waals surface area contributed by atoms with E-state index in [9.17, 15) is 9.90 Å². The molecule has 0 saturated heterocycles. The van der Waals surface area contributed by atoms with Gasteiger partial charge in [0.05, 0.1) is 0 Å². The fourth-order valence-electron chi connectivity index (χ4n) is 4.02. The number of hydrogen-bond donors (Lipinski definition) is 1. The number of allylic oxidation sites excluding steroid dienone is 1. The van der Waals surface area contributed by atoms with Crippen LogP contribution in [0.25, 0.3) is 0 Å². The number of rotatable bonds is 1. The molecule has 2 nitrogen and oxygen atoms in total. The summed E-state index contributed by atoms with van der Waals surface area (Å²) < 4.78 is 0. The largest absolute Gasteiger partial charge is 0.385 e. The van der Waals surface area contributed by atoms with Crippen molar-refractivity contribution in [1.29, 1.82) is 0 Å². The van der Waals surface area contributed by atoms with Crippen molar-refractivity contribution in [3.05, 3.63) is 12.7 Å². The van der Waals surface area contributed by atoms with Gasteiger partial charge >= 0.3 is 0 Å². The monoisotopic (exact) mass is 236 g/mol. The van der Waals surface area contributed by atoms with Gasteiger partial charge in [-0.2, -0.15) is 0 Å². The van der Waals surface area contributed by atoms with Crippen LogP contribution in [0.1, 0.15) is 40.0 Å². The van der Waals surface area contributed by atoms with E-state index in [1.165, 1.54) is 0 Å². The van der Waals surface area contributed by atoms with Gasteiger partial charge in [-0.1, -0.05) is 26.8 Å². The summed E-state index contributed by atoms with van der Waals surface area (Å²) in [6.45, 7) is 10.5. The SMILES string of the molecule is C=C[C@H]1[C@H](C)CC[C@@]2(C)[C@H](C)C[C@@H](O)C(=O)[C@H]12. The highest BCUT2D eigenvalue weighted by molar-refractivity contribution is 5.87. The maximum atomic E-state index is 12.3. The van der Waals surface area contributed by atoms with Crippen molar-refractivity contribution >= 4 is 5.78 Å². The fourth-order valence-corrected chi connectivity index (χ4v) is 4.02. The second-order valence-electron chi connectivity index (χ2n) is 6.37. The van der Waals surface area contributed by atoms with E-state index in [0.717, 1.165) is 12.8 Å². The third kappa shape index (κ3) is 1.77. The van der Waals surface area contributed by atoms with E-state index in [1.54, 1.807) is 0 Å². The van der Waals surface area contributed by atoms with E-state index in [0.29, 0.717) is 18.3 Å². The molecule has 0 aromatic rings. The molecule has 0 aliphatic heterocycles. The Morgan fingerprint density at radius 3 is 2.71 bits per heavy atom. The predicted octanol–water partition coefficient (Wildman–Crippen LogP) is 2.81. The Hall–Kier alpha value is -0.630. The highest BCUT2D eigenvalue weighted by Gasteiger charge is 2.54. The zero-order valence-corrected chi connectivity index (χ0v) is 11.1. The summed E-state index contributed by atoms with van der Waals surface area (Å²) in [5.41, 5.74) is 0.0572. The molecule has 2 heteroatoms. The van der Waals surface area contributed by atoms with Gasteiger partial charge < -0.3 is 5.11 Å². The summed E-state index contributed by atoms with van der Waals surface area (Å²) in [6.07, 6.45) is 4.08. The summed E-state index contributed by atoms with van der Waals surface area (Å²) in [4.78, 5) is 12.3. The molecule has 17 heavy (non-hydrogen) atoms. The number of fused-ring (bicyclic) bond motifs is 1. The van der Waals surface area contributed by atoms with Crippen LogP contribution in [-0.2, 0) is 4.79 Å². The van der Waals surface area contributed by atoms with Crippen molar-refractivity contribution in [3.8, 4) is 0 Å². The molecular formula is C15H24O2. The molecule has 0 aromatic carbocycles. The van der Waals surface area contributed by atoms with Gasteiger partial charge in [0, 0.05) is 5.92 Å². The molecule has 0 aromatic heterocycles. The molecule has 1 N–H and O–H groups in total. The summed E-state index contributed by atoms with van der Waals surface area (Å²) in [7, 11) is 0. The Kier molecular flexibility index (Phi) is 3.19. The van der Waals surface area contributed by atoms with Gasteiger partial charge in [-0.3, -0.25) is 4.79 Å². The van der Waals surface area contributed by atoms with Gasteiger partial charge in [-0.15, -0.1) is 6.58 Å². The van der Waals surface area contributed by atoms with Gasteiger partial charge in [-0.25, -0.2) is 0 Å². The first-order valence-corrected chi connectivity index (χ1v) is 6.76. The third-order valence-corrected chi connectivity index (χ3v) is 5.50. The molecule has 0 bridgehead atoms. The molecule has 2 aliphatic carbocycles. The minimum Gasteiger partial charge on any atom is -0.385 e. The maximum absolute atomic E-state index is 12.3. The first-order valence-electron chi connectivity index (χ1n) is 6.76. The van der Waals surface area contributed by atoms with Crippen LogP contribution < -0.4 is 0 Å². The molecule has 2 rings (SSSR count). The average Bonchev–Trinajstić information content (AvgIpc) is 2.29. The standard InChI is InChI=1S/C15H24O2/c1-5-11-9(2)6-7-15(4)10(3)8-12(16)14(17)13(11)15/h5,9-13,16H,1,6-8H2,2-4H3/t9-,10-,11+,12-,13+,15+/m1/s1. The maximum Gasteiger partial charge on any atom is 0.165 e. The number of carbonyl (C=O) groups is 1. The summed E-state index contributed by atoms with van der Waals surface area (Å²) in [5.74, 6) is 1.19. The van der Waals surface area contributed by atoms with Crippen molar-refractivity contribution in [1.82, 2.24) is 0 Å². The lowest BCUT2D eigenvalue weighted by atomic mass is 9.50. The Labute approximate surface area is 104 Å². The summed E-state index contributed by atoms with van der Waals surface area (Å²) >= 11 is 0. The number of carbonyl (C=O) groups excluding carboxylic acids is 1. The summed E-state index contributed by atoms with van der Waals surface area (Å²) in [6, 6.07) is 0. The average molecular weight is 236 g/mol. The highest BCUT2D eigenvalue weighted by atomic mass is 16.3. The van der Waals surface area contributed by atoms with Crippen molar-refractivity contribution in [2.75, 3.05) is 0 Å². The molecular weight excluding hydrogens is 212 g/mol. The van der Waals surface area contributed by atoms with Crippen LogP contribution in [0.4, 0.5) is 0 Å². The second-order valence-corrected chi connectivity index (χ2v) is 6.37. The van der Waals surface area contributed by atoms with E-state index >= 15 is 0 Å². The smallest absolute Gasteiger partial charge is 0.165 e. The number of aliphatic hydroxyl groups is 1. The number of hydrogen-bond acceptors (Lipinski definition) is 2. The minimum absolute atomic E-state index is 0.0255.